The third kappa shape index (κ3) is 5.37. The van der Waals surface area contributed by atoms with E-state index in [1.807, 2.05) is 29.2 Å². The molecule has 2 aromatic rings. The Morgan fingerprint density at radius 2 is 1.93 bits per heavy atom. The van der Waals surface area contributed by atoms with Crippen LogP contribution in [0.15, 0.2) is 30.5 Å². The average Bonchev–Trinajstić information content (AvgIpc) is 3.19. The molecular weight excluding hydrogens is 385 g/mol. The van der Waals surface area contributed by atoms with Crippen LogP contribution in [-0.2, 0) is 4.79 Å². The Kier molecular flexibility index (Phi) is 6.99. The zero-order valence-corrected chi connectivity index (χ0v) is 17.0. The summed E-state index contributed by atoms with van der Waals surface area (Å²) in [5, 5.41) is 8.19. The van der Waals surface area contributed by atoms with Gasteiger partial charge in [0.15, 0.2) is 0 Å². The molecule has 146 valence electrons. The Balaban J connectivity index is 1.52. The molecule has 1 N–H and O–H groups in total. The van der Waals surface area contributed by atoms with Crippen LogP contribution >= 0.6 is 23.2 Å². The summed E-state index contributed by atoms with van der Waals surface area (Å²) in [6.07, 6.45) is 3.87. The second kappa shape index (κ2) is 9.44. The molecule has 6 nitrogen and oxygen atoms in total. The number of rotatable bonds is 7. The van der Waals surface area contributed by atoms with Gasteiger partial charge in [-0.3, -0.25) is 14.8 Å². The quantitative estimate of drug-likeness (QED) is 0.706. The van der Waals surface area contributed by atoms with Gasteiger partial charge in [-0.25, -0.2) is 0 Å². The first kappa shape index (κ1) is 20.0. The van der Waals surface area contributed by atoms with Crippen molar-refractivity contribution in [3.63, 3.8) is 0 Å². The highest BCUT2D eigenvalue weighted by Crippen LogP contribution is 2.30. The number of nitrogens with one attached hydrogen (secondary N) is 1. The van der Waals surface area contributed by atoms with Gasteiger partial charge in [0.25, 0.3) is 0 Å². The van der Waals surface area contributed by atoms with Crippen LogP contribution in [0, 0.1) is 0 Å². The van der Waals surface area contributed by atoms with Gasteiger partial charge in [0.2, 0.25) is 5.91 Å². The van der Waals surface area contributed by atoms with Crippen molar-refractivity contribution in [2.24, 2.45) is 0 Å². The van der Waals surface area contributed by atoms with Gasteiger partial charge in [-0.2, -0.15) is 5.10 Å². The molecular formula is C19H25Cl2N5O. The van der Waals surface area contributed by atoms with Gasteiger partial charge in [-0.15, -0.1) is 0 Å². The first-order valence-electron chi connectivity index (χ1n) is 9.24. The number of amides is 1. The molecule has 0 aliphatic carbocycles. The Morgan fingerprint density at radius 3 is 2.56 bits per heavy atom. The summed E-state index contributed by atoms with van der Waals surface area (Å²) >= 11 is 12.2. The molecule has 0 bridgehead atoms. The smallest absolute Gasteiger partial charge is 0.219 e. The fourth-order valence-corrected chi connectivity index (χ4v) is 3.62. The van der Waals surface area contributed by atoms with E-state index in [2.05, 4.69) is 20.0 Å². The Hall–Kier alpha value is -1.76. The Labute approximate surface area is 170 Å². The molecule has 2 heterocycles. The van der Waals surface area contributed by atoms with Gasteiger partial charge in [-0.05, 0) is 37.6 Å². The van der Waals surface area contributed by atoms with Crippen molar-refractivity contribution in [3.05, 3.63) is 40.5 Å². The fraction of sp³-hybridized carbons (Fsp3) is 0.474. The molecule has 1 aliphatic heterocycles. The van der Waals surface area contributed by atoms with Crippen molar-refractivity contribution in [2.45, 2.75) is 19.8 Å². The van der Waals surface area contributed by atoms with Gasteiger partial charge in [0.1, 0.15) is 5.82 Å². The molecule has 0 saturated carbocycles. The molecule has 3 rings (SSSR count). The maximum atomic E-state index is 11.4. The number of carbonyl (C=O) groups is 1. The zero-order valence-electron chi connectivity index (χ0n) is 15.5. The van der Waals surface area contributed by atoms with Crippen molar-refractivity contribution < 1.29 is 4.79 Å². The number of H-pyrrole nitrogens is 1. The maximum absolute atomic E-state index is 11.4. The lowest BCUT2D eigenvalue weighted by atomic mass is 10.2. The lowest BCUT2D eigenvalue weighted by molar-refractivity contribution is -0.130. The van der Waals surface area contributed by atoms with Crippen molar-refractivity contribution in [2.75, 3.05) is 44.2 Å². The van der Waals surface area contributed by atoms with Gasteiger partial charge >= 0.3 is 0 Å². The lowest BCUT2D eigenvalue weighted by Crippen LogP contribution is -2.48. The SMILES string of the molecule is CC(=O)N1CCN(CCCCN(c2ccc(Cl)c(Cl)c2)c2ccn[nH]2)CC1. The monoisotopic (exact) mass is 409 g/mol. The minimum atomic E-state index is 0.173. The number of aromatic nitrogens is 2. The fourth-order valence-electron chi connectivity index (χ4n) is 3.33. The highest BCUT2D eigenvalue weighted by Gasteiger charge is 2.18. The first-order chi connectivity index (χ1) is 13.0. The second-order valence-corrected chi connectivity index (χ2v) is 7.56. The van der Waals surface area contributed by atoms with Crippen LogP contribution in [0.5, 0.6) is 0 Å². The molecule has 0 radical (unpaired) electrons. The Bertz CT molecular complexity index is 745. The van der Waals surface area contributed by atoms with E-state index in [-0.39, 0.29) is 5.91 Å². The zero-order chi connectivity index (χ0) is 19.2. The molecule has 1 fully saturated rings. The van der Waals surface area contributed by atoms with E-state index in [0.29, 0.717) is 10.0 Å². The van der Waals surface area contributed by atoms with Crippen molar-refractivity contribution >= 4 is 40.6 Å². The minimum Gasteiger partial charge on any atom is -0.340 e. The highest BCUT2D eigenvalue weighted by atomic mass is 35.5. The van der Waals surface area contributed by atoms with Crippen LogP contribution in [0.4, 0.5) is 11.5 Å². The van der Waals surface area contributed by atoms with E-state index in [9.17, 15) is 4.79 Å². The summed E-state index contributed by atoms with van der Waals surface area (Å²) in [7, 11) is 0. The summed E-state index contributed by atoms with van der Waals surface area (Å²) in [4.78, 5) is 17.9. The third-order valence-electron chi connectivity index (χ3n) is 4.92. The van der Waals surface area contributed by atoms with Crippen molar-refractivity contribution in [1.82, 2.24) is 20.0 Å². The molecule has 1 aromatic heterocycles. The van der Waals surface area contributed by atoms with Crippen molar-refractivity contribution in [3.8, 4) is 0 Å². The highest BCUT2D eigenvalue weighted by molar-refractivity contribution is 6.42. The molecule has 1 aromatic carbocycles. The van der Waals surface area contributed by atoms with Crippen LogP contribution in [0.2, 0.25) is 10.0 Å². The van der Waals surface area contributed by atoms with Gasteiger partial charge in [0.05, 0.1) is 16.2 Å². The third-order valence-corrected chi connectivity index (χ3v) is 5.65. The summed E-state index contributed by atoms with van der Waals surface area (Å²) in [6, 6.07) is 7.61. The van der Waals surface area contributed by atoms with E-state index in [4.69, 9.17) is 23.2 Å². The van der Waals surface area contributed by atoms with E-state index < -0.39 is 0 Å². The molecule has 8 heteroatoms. The number of piperazine rings is 1. The molecule has 1 aliphatic rings. The molecule has 0 atom stereocenters. The number of halogens is 2. The Morgan fingerprint density at radius 1 is 1.15 bits per heavy atom. The number of anilines is 2. The summed E-state index contributed by atoms with van der Waals surface area (Å²) in [5.74, 6) is 1.11. The van der Waals surface area contributed by atoms with E-state index in [0.717, 1.165) is 63.6 Å². The first-order valence-corrected chi connectivity index (χ1v) is 10.00. The van der Waals surface area contributed by atoms with Gasteiger partial charge < -0.3 is 9.80 Å². The minimum absolute atomic E-state index is 0.173. The molecule has 1 amide bonds. The molecule has 0 unspecified atom stereocenters. The molecule has 27 heavy (non-hydrogen) atoms. The normalized spacial score (nSPS) is 15.1. The van der Waals surface area contributed by atoms with Crippen LogP contribution in [0.3, 0.4) is 0 Å². The van der Waals surface area contributed by atoms with Crippen molar-refractivity contribution in [1.29, 1.82) is 0 Å². The van der Waals surface area contributed by atoms with Crippen LogP contribution in [-0.4, -0.2) is 65.2 Å². The number of aromatic amines is 1. The summed E-state index contributed by atoms with van der Waals surface area (Å²) < 4.78 is 0. The summed E-state index contributed by atoms with van der Waals surface area (Å²) in [6.45, 7) is 7.12. The van der Waals surface area contributed by atoms with E-state index in [1.54, 1.807) is 13.1 Å². The predicted octanol–water partition coefficient (Wildman–Crippen LogP) is 3.80. The van der Waals surface area contributed by atoms with Crippen LogP contribution < -0.4 is 4.90 Å². The topological polar surface area (TPSA) is 55.5 Å². The second-order valence-electron chi connectivity index (χ2n) is 6.75. The standard InChI is InChI=1S/C19H25Cl2N5O/c1-15(27)25-12-10-24(11-13-25)8-2-3-9-26(19-6-7-22-23-19)16-4-5-17(20)18(21)14-16/h4-7,14H,2-3,8-13H2,1H3,(H,22,23). The largest absolute Gasteiger partial charge is 0.340 e. The molecule has 1 saturated heterocycles. The lowest BCUT2D eigenvalue weighted by Gasteiger charge is -2.34. The predicted molar refractivity (Wildman–Crippen MR) is 110 cm³/mol. The van der Waals surface area contributed by atoms with E-state index in [1.165, 1.54) is 0 Å². The number of nitrogens with zero attached hydrogens (tertiary/aromatic N) is 4. The molecule has 0 spiro atoms. The maximum Gasteiger partial charge on any atom is 0.219 e. The number of unbranched alkanes of at least 4 members (excludes halogenated alkanes) is 1. The van der Waals surface area contributed by atoms with Crippen LogP contribution in [0.1, 0.15) is 19.8 Å². The average molecular weight is 410 g/mol. The number of hydrogen-bond donors (Lipinski definition) is 1. The number of hydrogen-bond acceptors (Lipinski definition) is 4. The number of benzene rings is 1. The van der Waals surface area contributed by atoms with Gasteiger partial charge in [0, 0.05) is 51.4 Å². The number of carbonyl (C=O) groups excluding carboxylic acids is 1. The summed E-state index contributed by atoms with van der Waals surface area (Å²) in [5.41, 5.74) is 0.990. The van der Waals surface area contributed by atoms with Gasteiger partial charge in [-0.1, -0.05) is 23.2 Å². The van der Waals surface area contributed by atoms with Crippen LogP contribution in [0.25, 0.3) is 0 Å². The van der Waals surface area contributed by atoms with E-state index >= 15 is 0 Å².